The van der Waals surface area contributed by atoms with E-state index in [4.69, 9.17) is 16.3 Å². The molecule has 8 nitrogen and oxygen atoms in total. The number of carbonyl (C=O) groups excluding carboxylic acids is 2. The minimum atomic E-state index is -0.912. The Morgan fingerprint density at radius 3 is 2.34 bits per heavy atom. The molecule has 0 saturated carbocycles. The van der Waals surface area contributed by atoms with Gasteiger partial charge < -0.3 is 14.7 Å². The Bertz CT molecular complexity index is 1940. The number of aryl methyl sites for hydroxylation is 1. The van der Waals surface area contributed by atoms with Crippen LogP contribution in [0.15, 0.2) is 107 Å². The summed E-state index contributed by atoms with van der Waals surface area (Å²) >= 11 is 8.71. The van der Waals surface area contributed by atoms with Crippen LogP contribution in [0.3, 0.4) is 0 Å². The van der Waals surface area contributed by atoms with Gasteiger partial charge in [-0.3, -0.25) is 14.5 Å². The average molecular weight is 683 g/mol. The highest BCUT2D eigenvalue weighted by atomic mass is 35.5. The lowest BCUT2D eigenvalue weighted by Gasteiger charge is -2.23. The van der Waals surface area contributed by atoms with E-state index in [0.717, 1.165) is 22.4 Å². The van der Waals surface area contributed by atoms with Crippen LogP contribution < -0.4 is 14.5 Å². The van der Waals surface area contributed by atoms with Crippen LogP contribution in [-0.4, -0.2) is 41.1 Å². The third kappa shape index (κ3) is 7.05. The Labute approximate surface area is 286 Å². The highest BCUT2D eigenvalue weighted by molar-refractivity contribution is 8.00. The number of thioether (sulfide) groups is 1. The Kier molecular flexibility index (Phi) is 9.63. The number of Topliss-reactive ketones (excluding diaryl/α,β-unsaturated/α-hetero) is 1. The summed E-state index contributed by atoms with van der Waals surface area (Å²) in [5.74, 6) is -0.616. The van der Waals surface area contributed by atoms with Crippen LogP contribution in [0.25, 0.3) is 5.76 Å². The zero-order valence-electron chi connectivity index (χ0n) is 25.9. The van der Waals surface area contributed by atoms with E-state index in [1.807, 2.05) is 98.7 Å². The Morgan fingerprint density at radius 1 is 0.957 bits per heavy atom. The molecule has 11 heteroatoms. The number of aromatic nitrogens is 2. The number of aliphatic hydroxyl groups is 1. The first-order valence-corrected chi connectivity index (χ1v) is 16.9. The van der Waals surface area contributed by atoms with Crippen molar-refractivity contribution in [3.63, 3.8) is 0 Å². The maximum absolute atomic E-state index is 13.7. The average Bonchev–Trinajstić information content (AvgIpc) is 3.65. The number of amides is 1. The van der Waals surface area contributed by atoms with Gasteiger partial charge in [-0.2, -0.15) is 0 Å². The topological polar surface area (TPSA) is 95.9 Å². The van der Waals surface area contributed by atoms with Crippen LogP contribution in [0.5, 0.6) is 5.75 Å². The van der Waals surface area contributed by atoms with E-state index < -0.39 is 17.7 Å². The van der Waals surface area contributed by atoms with Gasteiger partial charge in [0.05, 0.1) is 11.6 Å². The van der Waals surface area contributed by atoms with Crippen LogP contribution in [0.1, 0.15) is 33.9 Å². The molecule has 6 rings (SSSR count). The third-order valence-corrected chi connectivity index (χ3v) is 10.2. The number of hydrogen-bond acceptors (Lipinski definition) is 9. The number of ketones is 1. The maximum Gasteiger partial charge on any atom is 0.301 e. The summed E-state index contributed by atoms with van der Waals surface area (Å²) in [6.07, 6.45) is 0. The van der Waals surface area contributed by atoms with Crippen molar-refractivity contribution in [1.29, 1.82) is 0 Å². The van der Waals surface area contributed by atoms with Crippen LogP contribution in [-0.2, 0) is 21.9 Å². The third-order valence-electron chi connectivity index (χ3n) is 7.83. The summed E-state index contributed by atoms with van der Waals surface area (Å²) in [7, 11) is 3.86. The summed E-state index contributed by atoms with van der Waals surface area (Å²) in [5, 5.41) is 21.1. The lowest BCUT2D eigenvalue weighted by molar-refractivity contribution is -0.132. The van der Waals surface area contributed by atoms with Gasteiger partial charge in [-0.1, -0.05) is 83.2 Å². The maximum atomic E-state index is 13.7. The minimum Gasteiger partial charge on any atom is -0.507 e. The molecule has 0 radical (unpaired) electrons. The van der Waals surface area contributed by atoms with E-state index in [-0.39, 0.29) is 16.5 Å². The number of carbonyl (C=O) groups is 2. The van der Waals surface area contributed by atoms with Gasteiger partial charge in [0.1, 0.15) is 18.1 Å². The number of ether oxygens (including phenoxy) is 1. The Hall–Kier alpha value is -4.64. The molecule has 5 aromatic rings. The normalized spacial score (nSPS) is 15.7. The largest absolute Gasteiger partial charge is 0.507 e. The van der Waals surface area contributed by atoms with Crippen molar-refractivity contribution in [3.05, 3.63) is 135 Å². The highest BCUT2D eigenvalue weighted by Crippen LogP contribution is 2.44. The molecule has 47 heavy (non-hydrogen) atoms. The quantitative estimate of drug-likeness (QED) is 0.0520. The monoisotopic (exact) mass is 682 g/mol. The molecule has 1 aliphatic heterocycles. The molecular formula is C36H31ClN4O4S2. The zero-order valence-corrected chi connectivity index (χ0v) is 28.3. The van der Waals surface area contributed by atoms with Gasteiger partial charge in [-0.15, -0.1) is 10.2 Å². The van der Waals surface area contributed by atoms with E-state index in [9.17, 15) is 14.7 Å². The molecule has 0 aliphatic carbocycles. The van der Waals surface area contributed by atoms with Crippen molar-refractivity contribution < 1.29 is 19.4 Å². The number of benzene rings is 4. The summed E-state index contributed by atoms with van der Waals surface area (Å²) in [6, 6.07) is 29.0. The van der Waals surface area contributed by atoms with Gasteiger partial charge >= 0.3 is 5.91 Å². The summed E-state index contributed by atoms with van der Waals surface area (Å²) in [4.78, 5) is 30.6. The Morgan fingerprint density at radius 2 is 1.66 bits per heavy atom. The molecule has 0 bridgehead atoms. The molecule has 238 valence electrons. The van der Waals surface area contributed by atoms with Gasteiger partial charge in [-0.25, -0.2) is 0 Å². The molecule has 1 saturated heterocycles. The smallest absolute Gasteiger partial charge is 0.301 e. The molecule has 1 amide bonds. The second kappa shape index (κ2) is 14.0. The van der Waals surface area contributed by atoms with Crippen LogP contribution >= 0.6 is 34.7 Å². The fourth-order valence-electron chi connectivity index (χ4n) is 5.18. The molecule has 1 atom stereocenters. The summed E-state index contributed by atoms with van der Waals surface area (Å²) in [5.41, 5.74) is 5.23. The molecule has 4 aromatic carbocycles. The second-order valence-electron chi connectivity index (χ2n) is 11.2. The fourth-order valence-corrected chi connectivity index (χ4v) is 7.13. The molecule has 1 aromatic heterocycles. The van der Waals surface area contributed by atoms with Gasteiger partial charge in [0.2, 0.25) is 5.13 Å². The van der Waals surface area contributed by atoms with Crippen molar-refractivity contribution in [2.75, 3.05) is 23.9 Å². The van der Waals surface area contributed by atoms with Gasteiger partial charge in [0, 0.05) is 36.1 Å². The number of halogens is 1. The van der Waals surface area contributed by atoms with E-state index in [1.54, 1.807) is 24.3 Å². The van der Waals surface area contributed by atoms with Gasteiger partial charge in [0.15, 0.2) is 4.34 Å². The Balaban J connectivity index is 1.31. The van der Waals surface area contributed by atoms with E-state index in [0.29, 0.717) is 38.6 Å². The van der Waals surface area contributed by atoms with Crippen molar-refractivity contribution in [2.24, 2.45) is 0 Å². The van der Waals surface area contributed by atoms with E-state index in [2.05, 4.69) is 10.2 Å². The molecule has 1 N–H and O–H groups in total. The first kappa shape index (κ1) is 32.3. The summed E-state index contributed by atoms with van der Waals surface area (Å²) in [6.45, 7) is 2.43. The first-order valence-electron chi connectivity index (χ1n) is 14.8. The number of anilines is 2. The lowest BCUT2D eigenvalue weighted by atomic mass is 9.95. The zero-order chi connectivity index (χ0) is 33.1. The van der Waals surface area contributed by atoms with E-state index >= 15 is 0 Å². The van der Waals surface area contributed by atoms with Crippen LogP contribution in [0, 0.1) is 6.92 Å². The van der Waals surface area contributed by atoms with E-state index in [1.165, 1.54) is 28.0 Å². The molecule has 1 fully saturated rings. The summed E-state index contributed by atoms with van der Waals surface area (Å²) < 4.78 is 6.61. The van der Waals surface area contributed by atoms with Gasteiger partial charge in [-0.05, 0) is 77.7 Å². The molecular weight excluding hydrogens is 652 g/mol. The van der Waals surface area contributed by atoms with Crippen molar-refractivity contribution >= 4 is 63.0 Å². The lowest BCUT2D eigenvalue weighted by Crippen LogP contribution is -2.29. The minimum absolute atomic E-state index is 0.0215. The fraction of sp³-hybridized carbons (Fsp3) is 0.167. The second-order valence-corrected chi connectivity index (χ2v) is 13.8. The van der Waals surface area contributed by atoms with Gasteiger partial charge in [0.25, 0.3) is 5.78 Å². The predicted molar refractivity (Wildman–Crippen MR) is 188 cm³/mol. The molecule has 2 heterocycles. The number of hydrogen-bond donors (Lipinski definition) is 1. The standard InChI is InChI=1S/C36H31ClN4O4S2/c1-22-6-4-5-7-26(22)20-45-29-18-12-25(13-19-29)32(42)30-31(24-10-16-28(17-11-24)40(2)3)41(34(44)33(30)43)35-38-39-36(47-35)46-21-23-8-14-27(37)15-9-23/h4-19,31,42H,20-21H2,1-3H3/b32-30+. The van der Waals surface area contributed by atoms with Crippen molar-refractivity contribution in [3.8, 4) is 5.75 Å². The predicted octanol–water partition coefficient (Wildman–Crippen LogP) is 8.06. The molecule has 1 unspecified atom stereocenters. The molecule has 0 spiro atoms. The number of nitrogens with zero attached hydrogens (tertiary/aromatic N) is 4. The SMILES string of the molecule is Cc1ccccc1COc1ccc(/C(O)=C2\C(=O)C(=O)N(c3nnc(SCc4ccc(Cl)cc4)s3)C2c2ccc(N(C)C)cc2)cc1. The molecule has 1 aliphatic rings. The van der Waals surface area contributed by atoms with Crippen LogP contribution in [0.2, 0.25) is 5.02 Å². The number of rotatable bonds is 10. The van der Waals surface area contributed by atoms with Crippen LogP contribution in [0.4, 0.5) is 10.8 Å². The van der Waals surface area contributed by atoms with Crippen molar-refractivity contribution in [2.45, 2.75) is 29.7 Å². The number of aliphatic hydroxyl groups excluding tert-OH is 1. The van der Waals surface area contributed by atoms with Crippen molar-refractivity contribution in [1.82, 2.24) is 10.2 Å². The first-order chi connectivity index (χ1) is 22.7. The highest BCUT2D eigenvalue weighted by Gasteiger charge is 2.48.